The Balaban J connectivity index is 1.63. The Hall–Kier alpha value is -2.69. The smallest absolute Gasteiger partial charge is 0.228 e. The number of hydrogen-bond acceptors (Lipinski definition) is 3. The normalized spacial score (nSPS) is 21.6. The standard InChI is InChI=1S/C19H20N4O/c1-12-9-10-23-11-20-22-17(23)16(12)21-18(24)15-14(19(15,2)3)13-7-5-4-6-8-13/h4-11,14-15H,1-3H3,(H,21,24)/t14-,15+/m1/s1. The molecule has 0 radical (unpaired) electrons. The molecule has 1 aliphatic carbocycles. The predicted molar refractivity (Wildman–Crippen MR) is 92.8 cm³/mol. The maximum absolute atomic E-state index is 12.9. The minimum atomic E-state index is -0.0436. The van der Waals surface area contributed by atoms with E-state index in [2.05, 4.69) is 41.5 Å². The van der Waals surface area contributed by atoms with E-state index in [1.807, 2.05) is 41.8 Å². The molecule has 4 rings (SSSR count). The van der Waals surface area contributed by atoms with Crippen molar-refractivity contribution < 1.29 is 4.79 Å². The first-order valence-corrected chi connectivity index (χ1v) is 8.15. The van der Waals surface area contributed by atoms with Crippen LogP contribution in [-0.2, 0) is 4.79 Å². The van der Waals surface area contributed by atoms with Crippen molar-refractivity contribution in [3.8, 4) is 0 Å². The number of carbonyl (C=O) groups is 1. The van der Waals surface area contributed by atoms with E-state index < -0.39 is 0 Å². The van der Waals surface area contributed by atoms with E-state index in [1.165, 1.54) is 5.56 Å². The maximum Gasteiger partial charge on any atom is 0.228 e. The zero-order chi connectivity index (χ0) is 16.9. The lowest BCUT2D eigenvalue weighted by atomic mass is 10.0. The molecule has 0 spiro atoms. The summed E-state index contributed by atoms with van der Waals surface area (Å²) in [4.78, 5) is 12.9. The largest absolute Gasteiger partial charge is 0.322 e. The molecule has 24 heavy (non-hydrogen) atoms. The number of aryl methyl sites for hydroxylation is 1. The van der Waals surface area contributed by atoms with Gasteiger partial charge in [-0.25, -0.2) is 0 Å². The average molecular weight is 320 g/mol. The van der Waals surface area contributed by atoms with E-state index in [1.54, 1.807) is 6.33 Å². The molecule has 1 N–H and O–H groups in total. The fraction of sp³-hybridized carbons (Fsp3) is 0.316. The van der Waals surface area contributed by atoms with Gasteiger partial charge in [0.1, 0.15) is 6.33 Å². The monoisotopic (exact) mass is 320 g/mol. The number of nitrogens with one attached hydrogen (secondary N) is 1. The molecular weight excluding hydrogens is 300 g/mol. The second kappa shape index (κ2) is 5.16. The van der Waals surface area contributed by atoms with Gasteiger partial charge in [-0.2, -0.15) is 0 Å². The summed E-state index contributed by atoms with van der Waals surface area (Å²) in [6.07, 6.45) is 3.53. The van der Waals surface area contributed by atoms with Crippen molar-refractivity contribution in [2.45, 2.75) is 26.7 Å². The zero-order valence-electron chi connectivity index (χ0n) is 14.0. The van der Waals surface area contributed by atoms with Crippen LogP contribution in [0.25, 0.3) is 5.65 Å². The second-order valence-electron chi connectivity index (χ2n) is 7.11. The van der Waals surface area contributed by atoms with Crippen LogP contribution < -0.4 is 5.32 Å². The van der Waals surface area contributed by atoms with Crippen molar-refractivity contribution in [3.05, 3.63) is 60.0 Å². The lowest BCUT2D eigenvalue weighted by Crippen LogP contribution is -2.18. The molecule has 3 aromatic rings. The molecule has 1 aliphatic rings. The van der Waals surface area contributed by atoms with Crippen LogP contribution in [0, 0.1) is 18.3 Å². The molecule has 1 fully saturated rings. The van der Waals surface area contributed by atoms with Gasteiger partial charge in [-0.15, -0.1) is 10.2 Å². The zero-order valence-corrected chi connectivity index (χ0v) is 14.0. The summed E-state index contributed by atoms with van der Waals surface area (Å²) in [7, 11) is 0. The fourth-order valence-electron chi connectivity index (χ4n) is 3.75. The van der Waals surface area contributed by atoms with Crippen LogP contribution >= 0.6 is 0 Å². The van der Waals surface area contributed by atoms with Crippen molar-refractivity contribution in [3.63, 3.8) is 0 Å². The van der Waals surface area contributed by atoms with E-state index in [9.17, 15) is 4.79 Å². The summed E-state index contributed by atoms with van der Waals surface area (Å²) in [6.45, 7) is 6.27. The Morgan fingerprint density at radius 2 is 1.96 bits per heavy atom. The summed E-state index contributed by atoms with van der Waals surface area (Å²) in [6, 6.07) is 12.2. The van der Waals surface area contributed by atoms with Crippen LogP contribution in [0.15, 0.2) is 48.9 Å². The van der Waals surface area contributed by atoms with Crippen molar-refractivity contribution in [2.24, 2.45) is 11.3 Å². The third-order valence-electron chi connectivity index (χ3n) is 5.19. The van der Waals surface area contributed by atoms with Gasteiger partial charge in [-0.1, -0.05) is 44.2 Å². The Morgan fingerprint density at radius 3 is 2.71 bits per heavy atom. The number of hydrogen-bond donors (Lipinski definition) is 1. The lowest BCUT2D eigenvalue weighted by molar-refractivity contribution is -0.118. The topological polar surface area (TPSA) is 59.3 Å². The first kappa shape index (κ1) is 14.9. The van der Waals surface area contributed by atoms with Crippen molar-refractivity contribution in [1.29, 1.82) is 0 Å². The van der Waals surface area contributed by atoms with Crippen molar-refractivity contribution in [2.75, 3.05) is 5.32 Å². The summed E-state index contributed by atoms with van der Waals surface area (Å²) in [5.74, 6) is 0.257. The van der Waals surface area contributed by atoms with Gasteiger partial charge < -0.3 is 5.32 Å². The SMILES string of the molecule is Cc1ccn2cnnc2c1NC(=O)[C@@H]1[C@@H](c2ccccc2)C1(C)C. The van der Waals surface area contributed by atoms with Gasteiger partial charge in [0.25, 0.3) is 0 Å². The van der Waals surface area contributed by atoms with Gasteiger partial charge in [-0.3, -0.25) is 9.20 Å². The summed E-state index contributed by atoms with van der Waals surface area (Å²) in [5.41, 5.74) is 3.59. The molecule has 1 saturated carbocycles. The molecule has 2 aromatic heterocycles. The van der Waals surface area contributed by atoms with Gasteiger partial charge in [0, 0.05) is 12.1 Å². The number of amides is 1. The van der Waals surface area contributed by atoms with Gasteiger partial charge in [0.2, 0.25) is 5.91 Å². The highest BCUT2D eigenvalue weighted by Crippen LogP contribution is 2.64. The van der Waals surface area contributed by atoms with Crippen LogP contribution in [0.3, 0.4) is 0 Å². The maximum atomic E-state index is 12.9. The summed E-state index contributed by atoms with van der Waals surface area (Å²) >= 11 is 0. The van der Waals surface area contributed by atoms with Gasteiger partial charge in [0.05, 0.1) is 11.6 Å². The van der Waals surface area contributed by atoms with E-state index in [4.69, 9.17) is 0 Å². The van der Waals surface area contributed by atoms with Crippen LogP contribution in [0.4, 0.5) is 5.69 Å². The van der Waals surface area contributed by atoms with Crippen LogP contribution in [-0.4, -0.2) is 20.5 Å². The Kier molecular flexibility index (Phi) is 3.20. The predicted octanol–water partition coefficient (Wildman–Crippen LogP) is 3.42. The number of benzene rings is 1. The number of carbonyl (C=O) groups excluding carboxylic acids is 1. The molecule has 2 heterocycles. The van der Waals surface area contributed by atoms with Crippen molar-refractivity contribution >= 4 is 17.2 Å². The summed E-state index contributed by atoms with van der Waals surface area (Å²) in [5, 5.41) is 11.1. The van der Waals surface area contributed by atoms with Gasteiger partial charge in [0.15, 0.2) is 5.65 Å². The third kappa shape index (κ3) is 2.19. The minimum absolute atomic E-state index is 0.0394. The number of rotatable bonds is 3. The molecule has 1 aromatic carbocycles. The van der Waals surface area contributed by atoms with Crippen LogP contribution in [0.5, 0.6) is 0 Å². The quantitative estimate of drug-likeness (QED) is 0.804. The number of aromatic nitrogens is 3. The fourth-order valence-corrected chi connectivity index (χ4v) is 3.75. The minimum Gasteiger partial charge on any atom is -0.322 e. The van der Waals surface area contributed by atoms with Crippen LogP contribution in [0.2, 0.25) is 0 Å². The molecule has 0 unspecified atom stereocenters. The summed E-state index contributed by atoms with van der Waals surface area (Å²) < 4.78 is 1.81. The Labute approximate surface area is 140 Å². The first-order valence-electron chi connectivity index (χ1n) is 8.15. The molecule has 0 saturated heterocycles. The number of pyridine rings is 1. The van der Waals surface area contributed by atoms with E-state index in [0.29, 0.717) is 5.65 Å². The van der Waals surface area contributed by atoms with E-state index >= 15 is 0 Å². The molecule has 5 nitrogen and oxygen atoms in total. The molecule has 0 bridgehead atoms. The molecule has 1 amide bonds. The average Bonchev–Trinajstić information content (AvgIpc) is 2.92. The van der Waals surface area contributed by atoms with E-state index in [-0.39, 0.29) is 23.2 Å². The first-order chi connectivity index (χ1) is 11.5. The van der Waals surface area contributed by atoms with Crippen LogP contribution in [0.1, 0.15) is 30.9 Å². The number of fused-ring (bicyclic) bond motifs is 1. The number of nitrogens with zero attached hydrogens (tertiary/aromatic N) is 3. The highest BCUT2D eigenvalue weighted by Gasteiger charge is 2.62. The number of anilines is 1. The Morgan fingerprint density at radius 1 is 1.21 bits per heavy atom. The lowest BCUT2D eigenvalue weighted by Gasteiger charge is -2.10. The highest BCUT2D eigenvalue weighted by molar-refractivity contribution is 5.99. The van der Waals surface area contributed by atoms with Crippen molar-refractivity contribution in [1.82, 2.24) is 14.6 Å². The van der Waals surface area contributed by atoms with Gasteiger partial charge in [-0.05, 0) is 29.5 Å². The Bertz CT molecular complexity index is 914. The van der Waals surface area contributed by atoms with E-state index in [0.717, 1.165) is 11.3 Å². The highest BCUT2D eigenvalue weighted by atomic mass is 16.2. The molecule has 2 atom stereocenters. The molecule has 122 valence electrons. The second-order valence-corrected chi connectivity index (χ2v) is 7.11. The third-order valence-corrected chi connectivity index (χ3v) is 5.19. The van der Waals surface area contributed by atoms with Gasteiger partial charge >= 0.3 is 0 Å². The molecule has 0 aliphatic heterocycles. The molecule has 5 heteroatoms. The molecular formula is C19H20N4O.